The lowest BCUT2D eigenvalue weighted by Crippen LogP contribution is -2.53. The molecule has 0 aliphatic heterocycles. The second kappa shape index (κ2) is 3.60. The van der Waals surface area contributed by atoms with Gasteiger partial charge in [-0.3, -0.25) is 0 Å². The van der Waals surface area contributed by atoms with Crippen LogP contribution >= 0.6 is 0 Å². The highest BCUT2D eigenvalue weighted by atomic mass is 32.2. The summed E-state index contributed by atoms with van der Waals surface area (Å²) >= 11 is 0. The smallest absolute Gasteiger partial charge is 0.212 e. The van der Waals surface area contributed by atoms with E-state index in [4.69, 9.17) is 0 Å². The number of alkyl halides is 3. The molecular weight excluding hydrogens is 243 g/mol. The molecule has 16 heavy (non-hydrogen) atoms. The summed E-state index contributed by atoms with van der Waals surface area (Å²) in [7, 11) is -3.77. The van der Waals surface area contributed by atoms with E-state index in [9.17, 15) is 21.6 Å². The molecule has 2 saturated carbocycles. The third-order valence-corrected chi connectivity index (χ3v) is 5.41. The SMILES string of the molecule is O=S(=O)(NCC(F)(F)F)C1CC2(CCC2)C1. The Morgan fingerprint density at radius 1 is 1.25 bits per heavy atom. The van der Waals surface area contributed by atoms with Crippen LogP contribution in [-0.2, 0) is 10.0 Å². The molecule has 3 nitrogen and oxygen atoms in total. The summed E-state index contributed by atoms with van der Waals surface area (Å²) in [5, 5.41) is -0.616. The topological polar surface area (TPSA) is 46.2 Å². The van der Waals surface area contributed by atoms with Crippen molar-refractivity contribution in [2.45, 2.75) is 43.5 Å². The molecule has 7 heteroatoms. The maximum atomic E-state index is 11.9. The van der Waals surface area contributed by atoms with E-state index in [1.807, 2.05) is 0 Å². The van der Waals surface area contributed by atoms with Gasteiger partial charge >= 0.3 is 6.18 Å². The minimum atomic E-state index is -4.48. The first-order chi connectivity index (χ1) is 7.23. The number of rotatable bonds is 3. The fraction of sp³-hybridized carbons (Fsp3) is 1.00. The van der Waals surface area contributed by atoms with Crippen molar-refractivity contribution < 1.29 is 21.6 Å². The van der Waals surface area contributed by atoms with Crippen LogP contribution in [0, 0.1) is 5.41 Å². The Morgan fingerprint density at radius 3 is 2.19 bits per heavy atom. The van der Waals surface area contributed by atoms with Crippen LogP contribution in [-0.4, -0.2) is 26.4 Å². The van der Waals surface area contributed by atoms with Crippen LogP contribution in [0.5, 0.6) is 0 Å². The molecule has 0 aromatic rings. The largest absolute Gasteiger partial charge is 0.402 e. The molecule has 94 valence electrons. The van der Waals surface area contributed by atoms with Crippen LogP contribution in [0.3, 0.4) is 0 Å². The molecule has 2 rings (SSSR count). The molecule has 1 spiro atoms. The van der Waals surface area contributed by atoms with Gasteiger partial charge in [0.25, 0.3) is 0 Å². The summed E-state index contributed by atoms with van der Waals surface area (Å²) in [5.41, 5.74) is 0.150. The Labute approximate surface area is 92.5 Å². The second-order valence-corrected chi connectivity index (χ2v) is 6.91. The van der Waals surface area contributed by atoms with Crippen LogP contribution in [0.4, 0.5) is 13.2 Å². The molecule has 0 saturated heterocycles. The van der Waals surface area contributed by atoms with Gasteiger partial charge in [0.2, 0.25) is 10.0 Å². The predicted octanol–water partition coefficient (Wildman–Crippen LogP) is 1.80. The monoisotopic (exact) mass is 257 g/mol. The van der Waals surface area contributed by atoms with Gasteiger partial charge in [0.1, 0.15) is 6.54 Å². The highest BCUT2D eigenvalue weighted by Gasteiger charge is 2.53. The maximum Gasteiger partial charge on any atom is 0.402 e. The number of hydrogen-bond donors (Lipinski definition) is 1. The molecule has 0 radical (unpaired) electrons. The van der Waals surface area contributed by atoms with Gasteiger partial charge in [0.15, 0.2) is 0 Å². The van der Waals surface area contributed by atoms with Gasteiger partial charge in [-0.05, 0) is 31.1 Å². The third kappa shape index (κ3) is 2.34. The number of sulfonamides is 1. The molecule has 0 atom stereocenters. The molecule has 0 unspecified atom stereocenters. The van der Waals surface area contributed by atoms with E-state index in [0.717, 1.165) is 19.3 Å². The van der Waals surface area contributed by atoms with Crippen molar-refractivity contribution in [3.8, 4) is 0 Å². The van der Waals surface area contributed by atoms with E-state index < -0.39 is 28.0 Å². The van der Waals surface area contributed by atoms with Gasteiger partial charge in [0, 0.05) is 0 Å². The molecule has 2 fully saturated rings. The molecule has 0 aromatic heterocycles. The zero-order valence-corrected chi connectivity index (χ0v) is 9.50. The molecule has 0 heterocycles. The van der Waals surface area contributed by atoms with Crippen LogP contribution in [0.2, 0.25) is 0 Å². The van der Waals surface area contributed by atoms with Crippen molar-refractivity contribution in [2.75, 3.05) is 6.54 Å². The van der Waals surface area contributed by atoms with E-state index in [0.29, 0.717) is 12.8 Å². The van der Waals surface area contributed by atoms with Crippen LogP contribution < -0.4 is 4.72 Å². The average molecular weight is 257 g/mol. The van der Waals surface area contributed by atoms with Gasteiger partial charge in [-0.15, -0.1) is 0 Å². The average Bonchev–Trinajstić information content (AvgIpc) is 1.93. The van der Waals surface area contributed by atoms with E-state index in [2.05, 4.69) is 0 Å². The van der Waals surface area contributed by atoms with Crippen LogP contribution in [0.1, 0.15) is 32.1 Å². The quantitative estimate of drug-likeness (QED) is 0.838. The fourth-order valence-corrected chi connectivity index (χ4v) is 4.26. The lowest BCUT2D eigenvalue weighted by molar-refractivity contribution is -0.121. The van der Waals surface area contributed by atoms with Crippen molar-refractivity contribution in [2.24, 2.45) is 5.41 Å². The van der Waals surface area contributed by atoms with E-state index in [-0.39, 0.29) is 5.41 Å². The van der Waals surface area contributed by atoms with Crippen LogP contribution in [0.15, 0.2) is 0 Å². The molecule has 2 aliphatic rings. The van der Waals surface area contributed by atoms with Gasteiger partial charge < -0.3 is 0 Å². The summed E-state index contributed by atoms with van der Waals surface area (Å²) in [6.45, 7) is -1.46. The zero-order chi connectivity index (χ0) is 12.0. The Morgan fingerprint density at radius 2 is 1.81 bits per heavy atom. The Kier molecular flexibility index (Phi) is 2.73. The standard InChI is InChI=1S/C9H14F3NO2S/c10-9(11,12)6-13-16(14,15)7-4-8(5-7)2-1-3-8/h7,13H,1-6H2. The van der Waals surface area contributed by atoms with E-state index in [1.54, 1.807) is 4.72 Å². The van der Waals surface area contributed by atoms with Gasteiger partial charge in [-0.2, -0.15) is 13.2 Å². The summed E-state index contributed by atoms with van der Waals surface area (Å²) in [6, 6.07) is 0. The van der Waals surface area contributed by atoms with Crippen molar-refractivity contribution in [3.63, 3.8) is 0 Å². The molecule has 1 N–H and O–H groups in total. The normalized spacial score (nSPS) is 25.2. The highest BCUT2D eigenvalue weighted by molar-refractivity contribution is 7.90. The maximum absolute atomic E-state index is 11.9. The Bertz CT molecular complexity index is 365. The van der Waals surface area contributed by atoms with Gasteiger partial charge in [-0.1, -0.05) is 6.42 Å². The molecule has 0 aromatic carbocycles. The fourth-order valence-electron chi connectivity index (χ4n) is 2.51. The van der Waals surface area contributed by atoms with Crippen molar-refractivity contribution in [1.29, 1.82) is 0 Å². The summed E-state index contributed by atoms with van der Waals surface area (Å²) < 4.78 is 60.2. The Balaban J connectivity index is 1.85. The first kappa shape index (κ1) is 12.2. The van der Waals surface area contributed by atoms with Gasteiger partial charge in [0.05, 0.1) is 5.25 Å². The second-order valence-electron chi connectivity index (χ2n) is 4.87. The zero-order valence-electron chi connectivity index (χ0n) is 8.68. The number of nitrogens with one attached hydrogen (secondary N) is 1. The first-order valence-electron chi connectivity index (χ1n) is 5.28. The lowest BCUT2D eigenvalue weighted by Gasteiger charge is -2.53. The molecule has 0 bridgehead atoms. The predicted molar refractivity (Wildman–Crippen MR) is 52.3 cm³/mol. The van der Waals surface area contributed by atoms with E-state index in [1.165, 1.54) is 0 Å². The van der Waals surface area contributed by atoms with Crippen molar-refractivity contribution >= 4 is 10.0 Å². The van der Waals surface area contributed by atoms with Gasteiger partial charge in [-0.25, -0.2) is 13.1 Å². The van der Waals surface area contributed by atoms with E-state index >= 15 is 0 Å². The summed E-state index contributed by atoms with van der Waals surface area (Å²) in [5.74, 6) is 0. The van der Waals surface area contributed by atoms with Crippen molar-refractivity contribution in [3.05, 3.63) is 0 Å². The number of hydrogen-bond acceptors (Lipinski definition) is 2. The minimum absolute atomic E-state index is 0.150. The molecule has 2 aliphatic carbocycles. The van der Waals surface area contributed by atoms with Crippen molar-refractivity contribution in [1.82, 2.24) is 4.72 Å². The minimum Gasteiger partial charge on any atom is -0.212 e. The summed E-state index contributed by atoms with van der Waals surface area (Å²) in [6.07, 6.45) is -0.259. The Hall–Kier alpha value is -0.300. The molecular formula is C9H14F3NO2S. The lowest BCUT2D eigenvalue weighted by atomic mass is 9.56. The third-order valence-electron chi connectivity index (χ3n) is 3.65. The summed E-state index contributed by atoms with van der Waals surface area (Å²) in [4.78, 5) is 0. The first-order valence-corrected chi connectivity index (χ1v) is 6.82. The van der Waals surface area contributed by atoms with Crippen LogP contribution in [0.25, 0.3) is 0 Å². The number of halogens is 3. The molecule has 0 amide bonds. The highest BCUT2D eigenvalue weighted by Crippen LogP contribution is 2.57.